The fraction of sp³-hybridized carbons (Fsp3) is 0.400. The molecule has 0 aromatic carbocycles. The van der Waals surface area contributed by atoms with Crippen LogP contribution in [0.4, 0.5) is 0 Å². The van der Waals surface area contributed by atoms with Crippen molar-refractivity contribution in [3.05, 3.63) is 30.5 Å². The van der Waals surface area contributed by atoms with Gasteiger partial charge in [-0.3, -0.25) is 4.98 Å². The molecule has 2 aromatic rings. The van der Waals surface area contributed by atoms with Gasteiger partial charge in [0.15, 0.2) is 5.65 Å². The maximum absolute atomic E-state index is 5.63. The van der Waals surface area contributed by atoms with Gasteiger partial charge in [-0.2, -0.15) is 0 Å². The molecule has 0 aliphatic heterocycles. The van der Waals surface area contributed by atoms with E-state index in [1.54, 1.807) is 12.4 Å². The normalized spacial score (nSPS) is 25.5. The van der Waals surface area contributed by atoms with E-state index in [1.165, 1.54) is 12.1 Å². The van der Waals surface area contributed by atoms with Gasteiger partial charge < -0.3 is 10.1 Å². The smallest absolute Gasteiger partial charge is 0.155 e. The minimum absolute atomic E-state index is 0.609. The van der Waals surface area contributed by atoms with Crippen molar-refractivity contribution in [3.8, 4) is 0 Å². The van der Waals surface area contributed by atoms with E-state index in [2.05, 4.69) is 14.4 Å². The molecule has 0 spiro atoms. The van der Waals surface area contributed by atoms with Crippen LogP contribution in [0.25, 0.3) is 5.65 Å². The first-order valence-electron chi connectivity index (χ1n) is 4.87. The van der Waals surface area contributed by atoms with Crippen LogP contribution >= 0.6 is 0 Å². The number of rotatable bonds is 2. The van der Waals surface area contributed by atoms with Gasteiger partial charge in [-0.05, 0) is 18.9 Å². The van der Waals surface area contributed by atoms with E-state index in [0.717, 1.165) is 12.2 Å². The lowest BCUT2D eigenvalue weighted by molar-refractivity contribution is 0.791. The number of hydrogen-bond donors (Lipinski definition) is 1. The second-order valence-electron chi connectivity index (χ2n) is 3.83. The molecule has 1 saturated carbocycles. The molecule has 1 fully saturated rings. The van der Waals surface area contributed by atoms with Crippen LogP contribution in [0.5, 0.6) is 0 Å². The van der Waals surface area contributed by atoms with Crippen LogP contribution in [0, 0.1) is 5.92 Å². The van der Waals surface area contributed by atoms with Gasteiger partial charge in [0.05, 0.1) is 6.20 Å². The quantitative estimate of drug-likeness (QED) is 0.758. The van der Waals surface area contributed by atoms with Gasteiger partial charge in [-0.1, -0.05) is 0 Å². The van der Waals surface area contributed by atoms with Gasteiger partial charge in [-0.25, -0.2) is 4.98 Å². The summed E-state index contributed by atoms with van der Waals surface area (Å²) in [5.41, 5.74) is 7.83. The lowest BCUT2D eigenvalue weighted by Gasteiger charge is -1.98. The van der Waals surface area contributed by atoms with Crippen molar-refractivity contribution in [1.82, 2.24) is 14.4 Å². The highest BCUT2D eigenvalue weighted by Crippen LogP contribution is 2.46. The van der Waals surface area contributed by atoms with E-state index in [9.17, 15) is 0 Å². The number of fused-ring (bicyclic) bond motifs is 1. The van der Waals surface area contributed by atoms with E-state index in [1.807, 2.05) is 12.4 Å². The molecule has 2 N–H and O–H groups in total. The molecule has 0 radical (unpaired) electrons. The largest absolute Gasteiger partial charge is 0.330 e. The van der Waals surface area contributed by atoms with E-state index in [4.69, 9.17) is 5.73 Å². The van der Waals surface area contributed by atoms with Crippen LogP contribution in [0.1, 0.15) is 18.0 Å². The highest BCUT2D eigenvalue weighted by molar-refractivity contribution is 5.39. The number of aromatic nitrogens is 3. The van der Waals surface area contributed by atoms with Crippen molar-refractivity contribution >= 4 is 5.65 Å². The first-order valence-corrected chi connectivity index (χ1v) is 4.87. The molecule has 4 heteroatoms. The Balaban J connectivity index is 2.06. The maximum Gasteiger partial charge on any atom is 0.155 e. The Morgan fingerprint density at radius 3 is 3.21 bits per heavy atom. The molecular weight excluding hydrogens is 176 g/mol. The minimum Gasteiger partial charge on any atom is -0.330 e. The summed E-state index contributed by atoms with van der Waals surface area (Å²) in [6, 6.07) is 0. The Bertz CT molecular complexity index is 462. The molecule has 2 aromatic heterocycles. The second kappa shape index (κ2) is 2.78. The summed E-state index contributed by atoms with van der Waals surface area (Å²) in [7, 11) is 0. The van der Waals surface area contributed by atoms with Crippen LogP contribution in [0.15, 0.2) is 24.8 Å². The number of hydrogen-bond acceptors (Lipinski definition) is 3. The summed E-state index contributed by atoms with van der Waals surface area (Å²) in [6.07, 6.45) is 8.68. The summed E-state index contributed by atoms with van der Waals surface area (Å²) < 4.78 is 2.10. The lowest BCUT2D eigenvalue weighted by Crippen LogP contribution is -2.02. The lowest BCUT2D eigenvalue weighted by atomic mass is 10.2. The molecule has 2 atom stereocenters. The molecule has 0 bridgehead atoms. The third-order valence-electron chi connectivity index (χ3n) is 2.95. The third kappa shape index (κ3) is 1.04. The zero-order chi connectivity index (χ0) is 9.54. The molecule has 1 aliphatic rings. The van der Waals surface area contributed by atoms with E-state index in [0.29, 0.717) is 11.8 Å². The average Bonchev–Trinajstić information content (AvgIpc) is 2.90. The molecule has 0 amide bonds. The van der Waals surface area contributed by atoms with Crippen molar-refractivity contribution in [2.24, 2.45) is 11.7 Å². The van der Waals surface area contributed by atoms with Crippen molar-refractivity contribution in [3.63, 3.8) is 0 Å². The highest BCUT2D eigenvalue weighted by atomic mass is 15.0. The van der Waals surface area contributed by atoms with Gasteiger partial charge in [0.25, 0.3) is 0 Å². The molecule has 2 heterocycles. The third-order valence-corrected chi connectivity index (χ3v) is 2.95. The van der Waals surface area contributed by atoms with Crippen LogP contribution in [0.3, 0.4) is 0 Å². The second-order valence-corrected chi connectivity index (χ2v) is 3.83. The summed E-state index contributed by atoms with van der Waals surface area (Å²) in [4.78, 5) is 8.35. The van der Waals surface area contributed by atoms with E-state index < -0.39 is 0 Å². The Morgan fingerprint density at radius 1 is 1.50 bits per heavy atom. The average molecular weight is 188 g/mol. The summed E-state index contributed by atoms with van der Waals surface area (Å²) in [5, 5.41) is 0. The monoisotopic (exact) mass is 188 g/mol. The molecule has 14 heavy (non-hydrogen) atoms. The van der Waals surface area contributed by atoms with Gasteiger partial charge in [0, 0.05) is 30.2 Å². The molecule has 0 unspecified atom stereocenters. The maximum atomic E-state index is 5.63. The van der Waals surface area contributed by atoms with Crippen molar-refractivity contribution in [1.29, 1.82) is 0 Å². The van der Waals surface area contributed by atoms with E-state index in [-0.39, 0.29) is 0 Å². The first-order chi connectivity index (χ1) is 6.90. The van der Waals surface area contributed by atoms with Gasteiger partial charge in [-0.15, -0.1) is 0 Å². The van der Waals surface area contributed by atoms with Crippen LogP contribution in [-0.2, 0) is 0 Å². The van der Waals surface area contributed by atoms with Crippen molar-refractivity contribution in [2.75, 3.05) is 6.54 Å². The van der Waals surface area contributed by atoms with Gasteiger partial charge in [0.2, 0.25) is 0 Å². The molecule has 3 rings (SSSR count). The molecule has 72 valence electrons. The fourth-order valence-electron chi connectivity index (χ4n) is 2.01. The minimum atomic E-state index is 0.609. The molecular formula is C10H12N4. The Labute approximate surface area is 81.8 Å². The van der Waals surface area contributed by atoms with Crippen molar-refractivity contribution < 1.29 is 0 Å². The fourth-order valence-corrected chi connectivity index (χ4v) is 2.01. The summed E-state index contributed by atoms with van der Waals surface area (Å²) in [6.45, 7) is 0.781. The summed E-state index contributed by atoms with van der Waals surface area (Å²) in [5.74, 6) is 1.26. The zero-order valence-electron chi connectivity index (χ0n) is 7.80. The van der Waals surface area contributed by atoms with Crippen LogP contribution < -0.4 is 5.73 Å². The molecule has 1 aliphatic carbocycles. The van der Waals surface area contributed by atoms with E-state index >= 15 is 0 Å². The SMILES string of the molecule is NC[C@@H]1C[C@H]1c1cnc2cnccn12. The number of nitrogens with zero attached hydrogens (tertiary/aromatic N) is 3. The van der Waals surface area contributed by atoms with Crippen LogP contribution in [-0.4, -0.2) is 20.9 Å². The Hall–Kier alpha value is -1.42. The highest BCUT2D eigenvalue weighted by Gasteiger charge is 2.38. The Morgan fingerprint density at radius 2 is 2.43 bits per heavy atom. The topological polar surface area (TPSA) is 56.2 Å². The van der Waals surface area contributed by atoms with Crippen LogP contribution in [0.2, 0.25) is 0 Å². The Kier molecular flexibility index (Phi) is 1.58. The predicted molar refractivity (Wildman–Crippen MR) is 52.9 cm³/mol. The summed E-state index contributed by atoms with van der Waals surface area (Å²) >= 11 is 0. The number of imidazole rings is 1. The molecule has 4 nitrogen and oxygen atoms in total. The predicted octanol–water partition coefficient (Wildman–Crippen LogP) is 0.791. The van der Waals surface area contributed by atoms with Gasteiger partial charge >= 0.3 is 0 Å². The standard InChI is InChI=1S/C10H12N4/c11-4-7-3-8(7)9-5-13-10-6-12-1-2-14(9)10/h1-2,5-8H,3-4,11H2/t7-,8+/m0/s1. The zero-order valence-corrected chi connectivity index (χ0v) is 7.80. The first kappa shape index (κ1) is 7.94. The molecule has 0 saturated heterocycles. The van der Waals surface area contributed by atoms with Gasteiger partial charge in [0.1, 0.15) is 0 Å². The number of nitrogens with two attached hydrogens (primary N) is 1. The van der Waals surface area contributed by atoms with Crippen molar-refractivity contribution in [2.45, 2.75) is 12.3 Å².